The number of nitrogens with one attached hydrogen (secondary N) is 1. The van der Waals surface area contributed by atoms with Crippen LogP contribution in [0.4, 0.5) is 0 Å². The Labute approximate surface area is 148 Å². The molecule has 26 heavy (non-hydrogen) atoms. The first-order valence-electron chi connectivity index (χ1n) is 8.37. The van der Waals surface area contributed by atoms with Gasteiger partial charge < -0.3 is 14.6 Å². The molecule has 0 aliphatic carbocycles. The van der Waals surface area contributed by atoms with Crippen molar-refractivity contribution in [1.82, 2.24) is 14.5 Å². The summed E-state index contributed by atoms with van der Waals surface area (Å²) in [6.07, 6.45) is 0. The zero-order valence-electron chi connectivity index (χ0n) is 14.0. The molecule has 7 nitrogen and oxygen atoms in total. The van der Waals surface area contributed by atoms with Crippen molar-refractivity contribution in [3.63, 3.8) is 0 Å². The van der Waals surface area contributed by atoms with Crippen LogP contribution in [-0.2, 0) is 4.74 Å². The minimum Gasteiger partial charge on any atom is -0.378 e. The van der Waals surface area contributed by atoms with Gasteiger partial charge >= 0.3 is 5.69 Å². The SMILES string of the molecule is O=C(c1ccc(-n2c(=O)[nH]c3ccccc3c2=O)cc1)N1CCOCC1. The summed E-state index contributed by atoms with van der Waals surface area (Å²) in [7, 11) is 0. The smallest absolute Gasteiger partial charge is 0.333 e. The molecular formula is C19H17N3O4. The van der Waals surface area contributed by atoms with Crippen LogP contribution in [0.1, 0.15) is 10.4 Å². The van der Waals surface area contributed by atoms with Crippen molar-refractivity contribution in [3.05, 3.63) is 74.9 Å². The molecule has 3 aromatic rings. The van der Waals surface area contributed by atoms with Crippen LogP contribution in [0.2, 0.25) is 0 Å². The van der Waals surface area contributed by atoms with Gasteiger partial charge in [0.25, 0.3) is 11.5 Å². The predicted octanol–water partition coefficient (Wildman–Crippen LogP) is 1.15. The fraction of sp³-hybridized carbons (Fsp3) is 0.211. The zero-order chi connectivity index (χ0) is 18.1. The summed E-state index contributed by atoms with van der Waals surface area (Å²) in [4.78, 5) is 41.9. The van der Waals surface area contributed by atoms with E-state index in [-0.39, 0.29) is 5.91 Å². The molecule has 0 atom stereocenters. The second-order valence-electron chi connectivity index (χ2n) is 6.07. The molecule has 1 amide bonds. The first kappa shape index (κ1) is 16.3. The molecule has 1 aliphatic heterocycles. The lowest BCUT2D eigenvalue weighted by molar-refractivity contribution is 0.0303. The highest BCUT2D eigenvalue weighted by Crippen LogP contribution is 2.12. The van der Waals surface area contributed by atoms with Crippen LogP contribution in [0.25, 0.3) is 16.6 Å². The van der Waals surface area contributed by atoms with E-state index in [9.17, 15) is 14.4 Å². The van der Waals surface area contributed by atoms with Crippen molar-refractivity contribution in [1.29, 1.82) is 0 Å². The average Bonchev–Trinajstić information content (AvgIpc) is 2.69. The van der Waals surface area contributed by atoms with E-state index in [1.807, 2.05) is 0 Å². The van der Waals surface area contributed by atoms with Crippen LogP contribution in [0, 0.1) is 0 Å². The van der Waals surface area contributed by atoms with E-state index in [1.165, 1.54) is 0 Å². The molecule has 1 aromatic heterocycles. The molecule has 0 bridgehead atoms. The quantitative estimate of drug-likeness (QED) is 0.751. The third kappa shape index (κ3) is 2.82. The Balaban J connectivity index is 1.71. The fourth-order valence-corrected chi connectivity index (χ4v) is 3.10. The number of rotatable bonds is 2. The first-order chi connectivity index (χ1) is 12.6. The molecule has 2 heterocycles. The zero-order valence-corrected chi connectivity index (χ0v) is 14.0. The molecule has 7 heteroatoms. The number of ether oxygens (including phenoxy) is 1. The van der Waals surface area contributed by atoms with Crippen molar-refractivity contribution in [2.24, 2.45) is 0 Å². The van der Waals surface area contributed by atoms with E-state index in [4.69, 9.17) is 4.74 Å². The van der Waals surface area contributed by atoms with Gasteiger partial charge in [0.15, 0.2) is 0 Å². The summed E-state index contributed by atoms with van der Waals surface area (Å²) >= 11 is 0. The maximum atomic E-state index is 12.7. The van der Waals surface area contributed by atoms with Gasteiger partial charge in [-0.1, -0.05) is 12.1 Å². The Bertz CT molecular complexity index is 1080. The molecule has 0 spiro atoms. The third-order valence-corrected chi connectivity index (χ3v) is 4.48. The third-order valence-electron chi connectivity index (χ3n) is 4.48. The number of nitrogens with zero attached hydrogens (tertiary/aromatic N) is 2. The molecule has 1 fully saturated rings. The Morgan fingerprint density at radius 3 is 2.38 bits per heavy atom. The highest BCUT2D eigenvalue weighted by Gasteiger charge is 2.18. The van der Waals surface area contributed by atoms with E-state index < -0.39 is 11.2 Å². The van der Waals surface area contributed by atoms with Gasteiger partial charge in [0, 0.05) is 18.7 Å². The molecule has 0 unspecified atom stereocenters. The van der Waals surface area contributed by atoms with Gasteiger partial charge in [0.05, 0.1) is 29.8 Å². The lowest BCUT2D eigenvalue weighted by atomic mass is 10.1. The normalized spacial score (nSPS) is 14.5. The number of hydrogen-bond acceptors (Lipinski definition) is 4. The lowest BCUT2D eigenvalue weighted by Gasteiger charge is -2.26. The molecular weight excluding hydrogens is 334 g/mol. The summed E-state index contributed by atoms with van der Waals surface area (Å²) in [5.41, 5.74) is 0.525. The van der Waals surface area contributed by atoms with Crippen LogP contribution < -0.4 is 11.2 Å². The van der Waals surface area contributed by atoms with E-state index in [0.717, 1.165) is 4.57 Å². The molecule has 132 valence electrons. The van der Waals surface area contributed by atoms with Crippen LogP contribution >= 0.6 is 0 Å². The number of aromatic nitrogens is 2. The predicted molar refractivity (Wildman–Crippen MR) is 96.9 cm³/mol. The van der Waals surface area contributed by atoms with Crippen molar-refractivity contribution < 1.29 is 9.53 Å². The number of para-hydroxylation sites is 1. The lowest BCUT2D eigenvalue weighted by Crippen LogP contribution is -2.40. The number of morpholine rings is 1. The van der Waals surface area contributed by atoms with Crippen molar-refractivity contribution in [2.75, 3.05) is 26.3 Å². The monoisotopic (exact) mass is 351 g/mol. The number of hydrogen-bond donors (Lipinski definition) is 1. The largest absolute Gasteiger partial charge is 0.378 e. The van der Waals surface area contributed by atoms with E-state index in [2.05, 4.69) is 4.98 Å². The number of fused-ring (bicyclic) bond motifs is 1. The van der Waals surface area contributed by atoms with Crippen molar-refractivity contribution >= 4 is 16.8 Å². The van der Waals surface area contributed by atoms with Crippen LogP contribution in [0.5, 0.6) is 0 Å². The minimum absolute atomic E-state index is 0.0837. The number of H-pyrrole nitrogens is 1. The number of carbonyl (C=O) groups excluding carboxylic acids is 1. The van der Waals surface area contributed by atoms with Gasteiger partial charge in [-0.2, -0.15) is 0 Å². The molecule has 1 saturated heterocycles. The summed E-state index contributed by atoms with van der Waals surface area (Å²) < 4.78 is 6.33. The highest BCUT2D eigenvalue weighted by molar-refractivity contribution is 5.94. The van der Waals surface area contributed by atoms with Crippen molar-refractivity contribution in [2.45, 2.75) is 0 Å². The molecule has 0 radical (unpaired) electrons. The molecule has 2 aromatic carbocycles. The summed E-state index contributed by atoms with van der Waals surface area (Å²) in [5.74, 6) is -0.0837. The summed E-state index contributed by atoms with van der Waals surface area (Å²) in [6, 6.07) is 13.3. The molecule has 1 N–H and O–H groups in total. The van der Waals surface area contributed by atoms with Gasteiger partial charge in [-0.05, 0) is 36.4 Å². The number of amides is 1. The second-order valence-corrected chi connectivity index (χ2v) is 6.07. The first-order valence-corrected chi connectivity index (χ1v) is 8.37. The topological polar surface area (TPSA) is 84.4 Å². The average molecular weight is 351 g/mol. The Morgan fingerprint density at radius 2 is 1.65 bits per heavy atom. The number of carbonyl (C=O) groups is 1. The maximum absolute atomic E-state index is 12.7. The molecule has 0 saturated carbocycles. The van der Waals surface area contributed by atoms with E-state index in [1.54, 1.807) is 53.4 Å². The summed E-state index contributed by atoms with van der Waals surface area (Å²) in [6.45, 7) is 2.19. The van der Waals surface area contributed by atoms with Gasteiger partial charge in [-0.15, -0.1) is 0 Å². The van der Waals surface area contributed by atoms with Gasteiger partial charge in [-0.25, -0.2) is 9.36 Å². The van der Waals surface area contributed by atoms with E-state index >= 15 is 0 Å². The molecule has 1 aliphatic rings. The van der Waals surface area contributed by atoms with Crippen LogP contribution in [0.3, 0.4) is 0 Å². The van der Waals surface area contributed by atoms with Gasteiger partial charge in [-0.3, -0.25) is 9.59 Å². The Hall–Kier alpha value is -3.19. The van der Waals surface area contributed by atoms with Gasteiger partial charge in [0.2, 0.25) is 0 Å². The Morgan fingerprint density at radius 1 is 0.962 bits per heavy atom. The van der Waals surface area contributed by atoms with Gasteiger partial charge in [0.1, 0.15) is 0 Å². The van der Waals surface area contributed by atoms with Crippen molar-refractivity contribution in [3.8, 4) is 5.69 Å². The maximum Gasteiger partial charge on any atom is 0.333 e. The number of aromatic amines is 1. The Kier molecular flexibility index (Phi) is 4.14. The van der Waals surface area contributed by atoms with E-state index in [0.29, 0.717) is 48.5 Å². The van der Waals surface area contributed by atoms with Crippen LogP contribution in [-0.4, -0.2) is 46.7 Å². The molecule has 4 rings (SSSR count). The summed E-state index contributed by atoms with van der Waals surface area (Å²) in [5, 5.41) is 0.431. The number of benzene rings is 2. The minimum atomic E-state index is -0.513. The van der Waals surface area contributed by atoms with Crippen LogP contribution in [0.15, 0.2) is 58.1 Å². The standard InChI is InChI=1S/C19H17N3O4/c23-17(21-9-11-26-12-10-21)13-5-7-14(8-6-13)22-18(24)15-3-1-2-4-16(15)20-19(22)25/h1-8H,9-12H2,(H,20,25). The highest BCUT2D eigenvalue weighted by atomic mass is 16.5. The second kappa shape index (κ2) is 6.61. The fourth-order valence-electron chi connectivity index (χ4n) is 3.10.